The maximum atomic E-state index is 13.6. The Labute approximate surface area is 115 Å². The van der Waals surface area contributed by atoms with Crippen LogP contribution in [0.3, 0.4) is 0 Å². The van der Waals surface area contributed by atoms with Crippen molar-refractivity contribution in [2.45, 2.75) is 19.8 Å². The molecule has 1 heterocycles. The van der Waals surface area contributed by atoms with E-state index in [0.717, 1.165) is 18.1 Å². The van der Waals surface area contributed by atoms with Crippen LogP contribution in [-0.2, 0) is 6.42 Å². The van der Waals surface area contributed by atoms with Crippen LogP contribution in [0.1, 0.15) is 18.9 Å². The summed E-state index contributed by atoms with van der Waals surface area (Å²) in [6.45, 7) is 2.00. The van der Waals surface area contributed by atoms with E-state index in [1.807, 2.05) is 6.92 Å². The van der Waals surface area contributed by atoms with Crippen LogP contribution in [0.2, 0.25) is 0 Å². The Morgan fingerprint density at radius 2 is 1.95 bits per heavy atom. The first-order valence-electron chi connectivity index (χ1n) is 6.18. The lowest BCUT2D eigenvalue weighted by molar-refractivity contribution is 0.586. The number of aromatic nitrogens is 2. The molecule has 2 rings (SSSR count). The molecule has 2 aromatic rings. The van der Waals surface area contributed by atoms with E-state index in [9.17, 15) is 8.78 Å². The van der Waals surface area contributed by atoms with Crippen molar-refractivity contribution >= 4 is 17.3 Å². The summed E-state index contributed by atoms with van der Waals surface area (Å²) in [4.78, 5) is 8.10. The minimum atomic E-state index is -0.687. The standard InChI is InChI=1S/C13H15F2N5/c1-2-3-9-12(17-7-18-13(9)20-16)19-11-5-4-8(14)6-10(11)15/h4-7H,2-3,16H2,1H3,(H2,17,18,19,20). The Morgan fingerprint density at radius 3 is 2.60 bits per heavy atom. The summed E-state index contributed by atoms with van der Waals surface area (Å²) in [6, 6.07) is 3.30. The van der Waals surface area contributed by atoms with Gasteiger partial charge in [-0.1, -0.05) is 13.3 Å². The fraction of sp³-hybridized carbons (Fsp3) is 0.231. The first-order valence-corrected chi connectivity index (χ1v) is 6.18. The normalized spacial score (nSPS) is 10.4. The highest BCUT2D eigenvalue weighted by Crippen LogP contribution is 2.26. The van der Waals surface area contributed by atoms with Gasteiger partial charge in [0.25, 0.3) is 0 Å². The lowest BCUT2D eigenvalue weighted by Gasteiger charge is -2.13. The van der Waals surface area contributed by atoms with E-state index >= 15 is 0 Å². The zero-order valence-electron chi connectivity index (χ0n) is 11.0. The Balaban J connectivity index is 2.37. The van der Waals surface area contributed by atoms with E-state index in [1.165, 1.54) is 18.5 Å². The molecule has 0 bridgehead atoms. The number of benzene rings is 1. The zero-order valence-corrected chi connectivity index (χ0v) is 11.0. The molecule has 0 saturated heterocycles. The van der Waals surface area contributed by atoms with E-state index in [2.05, 4.69) is 20.7 Å². The quantitative estimate of drug-likeness (QED) is 0.579. The van der Waals surface area contributed by atoms with Gasteiger partial charge in [-0.05, 0) is 18.6 Å². The highest BCUT2D eigenvalue weighted by Gasteiger charge is 2.12. The molecule has 0 radical (unpaired) electrons. The molecule has 0 aliphatic heterocycles. The lowest BCUT2D eigenvalue weighted by atomic mass is 10.1. The Kier molecular flexibility index (Phi) is 4.41. The number of nitrogens with one attached hydrogen (secondary N) is 2. The van der Waals surface area contributed by atoms with E-state index < -0.39 is 11.6 Å². The number of nitrogens with two attached hydrogens (primary N) is 1. The maximum Gasteiger partial charge on any atom is 0.149 e. The summed E-state index contributed by atoms with van der Waals surface area (Å²) in [7, 11) is 0. The van der Waals surface area contributed by atoms with Crippen molar-refractivity contribution < 1.29 is 8.78 Å². The Hall–Kier alpha value is -2.28. The molecule has 0 saturated carbocycles. The van der Waals surface area contributed by atoms with Crippen molar-refractivity contribution in [3.8, 4) is 0 Å². The first kappa shape index (κ1) is 14.1. The number of nitrogens with zero attached hydrogens (tertiary/aromatic N) is 2. The monoisotopic (exact) mass is 279 g/mol. The van der Waals surface area contributed by atoms with Crippen LogP contribution in [-0.4, -0.2) is 9.97 Å². The van der Waals surface area contributed by atoms with Crippen LogP contribution in [0.25, 0.3) is 0 Å². The Morgan fingerprint density at radius 1 is 1.20 bits per heavy atom. The smallest absolute Gasteiger partial charge is 0.149 e. The third-order valence-electron chi connectivity index (χ3n) is 2.77. The van der Waals surface area contributed by atoms with Crippen LogP contribution in [0.4, 0.5) is 26.1 Å². The van der Waals surface area contributed by atoms with Gasteiger partial charge >= 0.3 is 0 Å². The predicted octanol–water partition coefficient (Wildman–Crippen LogP) is 2.74. The van der Waals surface area contributed by atoms with Gasteiger partial charge in [0.1, 0.15) is 29.6 Å². The number of halogens is 2. The molecule has 1 aromatic carbocycles. The van der Waals surface area contributed by atoms with E-state index in [4.69, 9.17) is 5.84 Å². The van der Waals surface area contributed by atoms with Crippen molar-refractivity contribution in [1.82, 2.24) is 9.97 Å². The number of anilines is 3. The first-order chi connectivity index (χ1) is 9.65. The average molecular weight is 279 g/mol. The van der Waals surface area contributed by atoms with Gasteiger partial charge in [0.05, 0.1) is 5.69 Å². The summed E-state index contributed by atoms with van der Waals surface area (Å²) in [5.41, 5.74) is 3.38. The van der Waals surface area contributed by atoms with E-state index in [1.54, 1.807) is 0 Å². The molecule has 4 N–H and O–H groups in total. The molecule has 5 nitrogen and oxygen atoms in total. The average Bonchev–Trinajstić information content (AvgIpc) is 2.43. The highest BCUT2D eigenvalue weighted by molar-refractivity contribution is 5.65. The SMILES string of the molecule is CCCc1c(NN)ncnc1Nc1ccc(F)cc1F. The van der Waals surface area contributed by atoms with Crippen molar-refractivity contribution in [3.05, 3.63) is 41.7 Å². The fourth-order valence-corrected chi connectivity index (χ4v) is 1.85. The zero-order chi connectivity index (χ0) is 14.5. The second-order valence-corrected chi connectivity index (χ2v) is 4.19. The van der Waals surface area contributed by atoms with Crippen LogP contribution < -0.4 is 16.6 Å². The second kappa shape index (κ2) is 6.25. The number of rotatable bonds is 5. The minimum Gasteiger partial charge on any atom is -0.337 e. The minimum absolute atomic E-state index is 0.144. The molecular weight excluding hydrogens is 264 g/mol. The molecule has 0 unspecified atom stereocenters. The topological polar surface area (TPSA) is 75.9 Å². The number of hydrogen-bond acceptors (Lipinski definition) is 5. The summed E-state index contributed by atoms with van der Waals surface area (Å²) >= 11 is 0. The van der Waals surface area contributed by atoms with E-state index in [-0.39, 0.29) is 5.69 Å². The molecule has 0 amide bonds. The molecule has 0 aliphatic rings. The third kappa shape index (κ3) is 3.00. The third-order valence-corrected chi connectivity index (χ3v) is 2.77. The van der Waals surface area contributed by atoms with Crippen molar-refractivity contribution in [2.24, 2.45) is 5.84 Å². The van der Waals surface area contributed by atoms with Gasteiger partial charge in [0, 0.05) is 11.6 Å². The number of hydrogen-bond donors (Lipinski definition) is 3. The molecule has 7 heteroatoms. The Bertz CT molecular complexity index is 603. The van der Waals surface area contributed by atoms with Gasteiger partial charge in [-0.2, -0.15) is 0 Å². The molecular formula is C13H15F2N5. The number of nitrogen functional groups attached to an aromatic ring is 1. The van der Waals surface area contributed by atoms with E-state index in [0.29, 0.717) is 18.1 Å². The van der Waals surface area contributed by atoms with Gasteiger partial charge in [-0.15, -0.1) is 0 Å². The van der Waals surface area contributed by atoms with Crippen molar-refractivity contribution in [2.75, 3.05) is 10.7 Å². The van der Waals surface area contributed by atoms with Crippen LogP contribution in [0.15, 0.2) is 24.5 Å². The molecule has 1 aromatic heterocycles. The molecule has 0 fully saturated rings. The maximum absolute atomic E-state index is 13.6. The van der Waals surface area contributed by atoms with Crippen LogP contribution in [0, 0.1) is 11.6 Å². The molecule has 0 atom stereocenters. The number of hydrazine groups is 1. The van der Waals surface area contributed by atoms with Gasteiger partial charge in [-0.3, -0.25) is 0 Å². The van der Waals surface area contributed by atoms with Gasteiger partial charge in [-0.25, -0.2) is 24.6 Å². The molecule has 0 aliphatic carbocycles. The lowest BCUT2D eigenvalue weighted by Crippen LogP contribution is -2.13. The van der Waals surface area contributed by atoms with Crippen molar-refractivity contribution in [3.63, 3.8) is 0 Å². The molecule has 0 spiro atoms. The highest BCUT2D eigenvalue weighted by atomic mass is 19.1. The summed E-state index contributed by atoms with van der Waals surface area (Å²) in [5, 5.41) is 2.84. The van der Waals surface area contributed by atoms with Crippen LogP contribution >= 0.6 is 0 Å². The summed E-state index contributed by atoms with van der Waals surface area (Å²) in [6.07, 6.45) is 2.84. The summed E-state index contributed by atoms with van der Waals surface area (Å²) < 4.78 is 26.5. The molecule has 20 heavy (non-hydrogen) atoms. The fourth-order valence-electron chi connectivity index (χ4n) is 1.85. The predicted molar refractivity (Wildman–Crippen MR) is 73.5 cm³/mol. The summed E-state index contributed by atoms with van der Waals surface area (Å²) in [5.74, 6) is 5.01. The molecule has 106 valence electrons. The largest absolute Gasteiger partial charge is 0.337 e. The second-order valence-electron chi connectivity index (χ2n) is 4.19. The van der Waals surface area contributed by atoms with Crippen LogP contribution in [0.5, 0.6) is 0 Å². The van der Waals surface area contributed by atoms with Gasteiger partial charge in [0.15, 0.2) is 0 Å². The van der Waals surface area contributed by atoms with Crippen molar-refractivity contribution in [1.29, 1.82) is 0 Å². The van der Waals surface area contributed by atoms with Gasteiger partial charge in [0.2, 0.25) is 0 Å². The van der Waals surface area contributed by atoms with Gasteiger partial charge < -0.3 is 10.7 Å².